The van der Waals surface area contributed by atoms with Crippen LogP contribution in [0, 0.1) is 12.8 Å². The van der Waals surface area contributed by atoms with Crippen LogP contribution in [0.25, 0.3) is 22.6 Å². The van der Waals surface area contributed by atoms with Crippen molar-refractivity contribution in [3.05, 3.63) is 57.0 Å². The number of phenols is 1. The van der Waals surface area contributed by atoms with Gasteiger partial charge in [0.1, 0.15) is 5.75 Å². The lowest BCUT2D eigenvalue weighted by Crippen LogP contribution is -2.40. The van der Waals surface area contributed by atoms with Gasteiger partial charge in [-0.2, -0.15) is 4.98 Å². The molecule has 0 saturated heterocycles. The number of hydrogen-bond acceptors (Lipinski definition) is 4. The molecule has 0 aliphatic carbocycles. The first-order valence-corrected chi connectivity index (χ1v) is 8.79. The monoisotopic (exact) mass is 367 g/mol. The molecule has 0 unspecified atom stereocenters. The van der Waals surface area contributed by atoms with E-state index in [4.69, 9.17) is 0 Å². The Morgan fingerprint density at radius 3 is 2.56 bits per heavy atom. The van der Waals surface area contributed by atoms with Crippen molar-refractivity contribution in [1.29, 1.82) is 0 Å². The summed E-state index contributed by atoms with van der Waals surface area (Å²) in [4.78, 5) is 30.3. The topological polar surface area (TPSA) is 86.5 Å². The van der Waals surface area contributed by atoms with Gasteiger partial charge in [-0.05, 0) is 25.0 Å². The molecular weight excluding hydrogens is 346 g/mol. The Hall–Kier alpha value is -3.29. The number of hydrogen-bond donors (Lipinski definition) is 1. The largest absolute Gasteiger partial charge is 0.506 e. The first kappa shape index (κ1) is 17.1. The average molecular weight is 367 g/mol. The van der Waals surface area contributed by atoms with Crippen molar-refractivity contribution < 1.29 is 5.11 Å². The number of benzene rings is 1. The third-order valence-corrected chi connectivity index (χ3v) is 4.70. The Kier molecular flexibility index (Phi) is 3.73. The third kappa shape index (κ3) is 2.40. The van der Waals surface area contributed by atoms with E-state index in [1.165, 1.54) is 9.13 Å². The fourth-order valence-electron chi connectivity index (χ4n) is 3.49. The van der Waals surface area contributed by atoms with Crippen LogP contribution >= 0.6 is 0 Å². The molecule has 0 saturated carbocycles. The highest BCUT2D eigenvalue weighted by Crippen LogP contribution is 2.26. The van der Waals surface area contributed by atoms with Crippen LogP contribution < -0.4 is 11.2 Å². The molecule has 1 N–H and O–H groups in total. The SMILES string of the molecule is Cc1cn2c3c(=O)n(CC(C)C)c(=O)n(C)c3nc2n1-c1ccccc1O. The Labute approximate surface area is 154 Å². The van der Waals surface area contributed by atoms with Gasteiger partial charge in [0, 0.05) is 25.5 Å². The highest BCUT2D eigenvalue weighted by atomic mass is 16.3. The van der Waals surface area contributed by atoms with E-state index in [0.717, 1.165) is 5.69 Å². The van der Waals surface area contributed by atoms with Crippen molar-refractivity contribution in [2.45, 2.75) is 27.3 Å². The van der Waals surface area contributed by atoms with Crippen LogP contribution in [0.2, 0.25) is 0 Å². The van der Waals surface area contributed by atoms with Gasteiger partial charge in [-0.3, -0.25) is 22.9 Å². The zero-order valence-corrected chi connectivity index (χ0v) is 15.7. The maximum Gasteiger partial charge on any atom is 0.332 e. The summed E-state index contributed by atoms with van der Waals surface area (Å²) in [5, 5.41) is 10.3. The smallest absolute Gasteiger partial charge is 0.332 e. The van der Waals surface area contributed by atoms with Crippen LogP contribution in [0.1, 0.15) is 19.5 Å². The standard InChI is InChI=1S/C19H21N5O3/c1-11(2)9-23-17(26)15-16(21(4)19(23)27)20-18-22(15)10-12(3)24(18)13-7-5-6-8-14(13)25/h5-8,10-11,25H,9H2,1-4H3. The van der Waals surface area contributed by atoms with Crippen LogP contribution in [-0.2, 0) is 13.6 Å². The van der Waals surface area contributed by atoms with E-state index in [9.17, 15) is 14.7 Å². The van der Waals surface area contributed by atoms with Crippen molar-refractivity contribution in [2.24, 2.45) is 13.0 Å². The first-order valence-electron chi connectivity index (χ1n) is 8.79. The molecule has 0 amide bonds. The molecule has 1 aromatic carbocycles. The van der Waals surface area contributed by atoms with E-state index in [1.54, 1.807) is 40.4 Å². The summed E-state index contributed by atoms with van der Waals surface area (Å²) < 4.78 is 6.12. The molecule has 27 heavy (non-hydrogen) atoms. The number of nitrogens with zero attached hydrogens (tertiary/aromatic N) is 5. The summed E-state index contributed by atoms with van der Waals surface area (Å²) in [6.45, 7) is 6.14. The predicted octanol–water partition coefficient (Wildman–Crippen LogP) is 1.81. The molecule has 0 atom stereocenters. The number of phenolic OH excluding ortho intramolecular Hbond substituents is 1. The van der Waals surface area contributed by atoms with Gasteiger partial charge in [0.15, 0.2) is 11.2 Å². The van der Waals surface area contributed by atoms with Crippen LogP contribution in [0.4, 0.5) is 0 Å². The molecule has 8 heteroatoms. The second kappa shape index (κ2) is 5.87. The summed E-state index contributed by atoms with van der Waals surface area (Å²) in [5.74, 6) is 0.735. The Balaban J connectivity index is 2.15. The minimum Gasteiger partial charge on any atom is -0.506 e. The van der Waals surface area contributed by atoms with E-state index in [1.807, 2.05) is 26.8 Å². The Morgan fingerprint density at radius 2 is 1.89 bits per heavy atom. The van der Waals surface area contributed by atoms with E-state index >= 15 is 0 Å². The van der Waals surface area contributed by atoms with Gasteiger partial charge < -0.3 is 5.11 Å². The minimum atomic E-state index is -0.382. The second-order valence-corrected chi connectivity index (χ2v) is 7.20. The molecule has 0 spiro atoms. The zero-order chi connectivity index (χ0) is 19.5. The number of aryl methyl sites for hydroxylation is 2. The van der Waals surface area contributed by atoms with Gasteiger partial charge >= 0.3 is 5.69 Å². The van der Waals surface area contributed by atoms with Crippen LogP contribution in [0.15, 0.2) is 40.1 Å². The van der Waals surface area contributed by atoms with Crippen LogP contribution in [0.3, 0.4) is 0 Å². The molecule has 0 aliphatic heterocycles. The van der Waals surface area contributed by atoms with E-state index in [2.05, 4.69) is 4.98 Å². The number of rotatable bonds is 3. The summed E-state index contributed by atoms with van der Waals surface area (Å²) in [7, 11) is 1.62. The number of aromatic hydroxyl groups is 1. The van der Waals surface area contributed by atoms with Gasteiger partial charge in [0.25, 0.3) is 5.56 Å². The molecule has 0 bridgehead atoms. The summed E-state index contributed by atoms with van der Waals surface area (Å²) >= 11 is 0. The summed E-state index contributed by atoms with van der Waals surface area (Å²) in [5.41, 5.74) is 1.31. The van der Waals surface area contributed by atoms with Gasteiger partial charge in [0.2, 0.25) is 5.78 Å². The number of para-hydroxylation sites is 2. The van der Waals surface area contributed by atoms with Crippen LogP contribution in [-0.4, -0.2) is 28.2 Å². The van der Waals surface area contributed by atoms with Gasteiger partial charge in [-0.15, -0.1) is 0 Å². The van der Waals surface area contributed by atoms with E-state index in [-0.39, 0.29) is 22.9 Å². The second-order valence-electron chi connectivity index (χ2n) is 7.20. The molecule has 4 rings (SSSR count). The zero-order valence-electron chi connectivity index (χ0n) is 15.7. The number of imidazole rings is 2. The van der Waals surface area contributed by atoms with Gasteiger partial charge in [-0.1, -0.05) is 26.0 Å². The normalized spacial score (nSPS) is 11.9. The van der Waals surface area contributed by atoms with E-state index in [0.29, 0.717) is 29.2 Å². The predicted molar refractivity (Wildman–Crippen MR) is 103 cm³/mol. The van der Waals surface area contributed by atoms with Crippen molar-refractivity contribution >= 4 is 16.9 Å². The van der Waals surface area contributed by atoms with Crippen molar-refractivity contribution in [2.75, 3.05) is 0 Å². The van der Waals surface area contributed by atoms with Gasteiger partial charge in [0.05, 0.1) is 5.69 Å². The molecule has 4 aromatic rings. The summed E-state index contributed by atoms with van der Waals surface area (Å²) in [6.07, 6.45) is 1.79. The lowest BCUT2D eigenvalue weighted by atomic mass is 10.2. The van der Waals surface area contributed by atoms with E-state index < -0.39 is 0 Å². The average Bonchev–Trinajstić information content (AvgIpc) is 3.12. The maximum absolute atomic E-state index is 13.1. The molecule has 3 aromatic heterocycles. The fourth-order valence-corrected chi connectivity index (χ4v) is 3.49. The molecule has 140 valence electrons. The molecule has 0 aliphatic rings. The lowest BCUT2D eigenvalue weighted by molar-refractivity contribution is 0.472. The fraction of sp³-hybridized carbons (Fsp3) is 0.316. The quantitative estimate of drug-likeness (QED) is 0.598. The Bertz CT molecular complexity index is 1300. The van der Waals surface area contributed by atoms with Crippen LogP contribution in [0.5, 0.6) is 5.75 Å². The first-order chi connectivity index (χ1) is 12.8. The third-order valence-electron chi connectivity index (χ3n) is 4.70. The number of aromatic nitrogens is 5. The number of fused-ring (bicyclic) bond motifs is 3. The van der Waals surface area contributed by atoms with Crippen molar-refractivity contribution in [1.82, 2.24) is 23.1 Å². The molecular formula is C19H21N5O3. The molecule has 0 fully saturated rings. The van der Waals surface area contributed by atoms with Crippen molar-refractivity contribution in [3.63, 3.8) is 0 Å². The minimum absolute atomic E-state index is 0.108. The van der Waals surface area contributed by atoms with Gasteiger partial charge in [-0.25, -0.2) is 4.79 Å². The molecule has 0 radical (unpaired) electrons. The molecule has 8 nitrogen and oxygen atoms in total. The summed E-state index contributed by atoms with van der Waals surface area (Å²) in [6, 6.07) is 6.93. The highest BCUT2D eigenvalue weighted by molar-refractivity contribution is 5.76. The highest BCUT2D eigenvalue weighted by Gasteiger charge is 2.21. The lowest BCUT2D eigenvalue weighted by Gasteiger charge is -2.10. The van der Waals surface area contributed by atoms with Crippen molar-refractivity contribution in [3.8, 4) is 11.4 Å². The Morgan fingerprint density at radius 1 is 1.19 bits per heavy atom. The molecule has 3 heterocycles. The maximum atomic E-state index is 13.1.